The Hall–Kier alpha value is -1.95. The zero-order chi connectivity index (χ0) is 14.7. The van der Waals surface area contributed by atoms with E-state index < -0.39 is 12.1 Å². The minimum Gasteiger partial charge on any atom is -0.465 e. The third-order valence-electron chi connectivity index (χ3n) is 3.22. The van der Waals surface area contributed by atoms with Crippen LogP contribution in [0.4, 0.5) is 10.5 Å². The molecule has 1 aliphatic heterocycles. The van der Waals surface area contributed by atoms with Crippen LogP contribution in [-0.4, -0.2) is 55.4 Å². The highest BCUT2D eigenvalue weighted by atomic mass is 35.5. The average molecular weight is 299 g/mol. The molecular weight excluding hydrogens is 284 g/mol. The summed E-state index contributed by atoms with van der Waals surface area (Å²) in [7, 11) is 1.31. The first-order chi connectivity index (χ1) is 9.51. The zero-order valence-corrected chi connectivity index (χ0v) is 11.8. The number of carbonyl (C=O) groups is 2. The highest BCUT2D eigenvalue weighted by Crippen LogP contribution is 2.24. The number of benzene rings is 1. The number of carboxylic acid groups (broad SMARTS) is 1. The van der Waals surface area contributed by atoms with Gasteiger partial charge >= 0.3 is 12.1 Å². The number of nitrogens with zero attached hydrogens (tertiary/aromatic N) is 2. The van der Waals surface area contributed by atoms with Gasteiger partial charge in [-0.15, -0.1) is 0 Å². The molecule has 6 nitrogen and oxygen atoms in total. The summed E-state index contributed by atoms with van der Waals surface area (Å²) in [5.74, 6) is -0.446. The van der Waals surface area contributed by atoms with Gasteiger partial charge in [-0.05, 0) is 18.2 Å². The topological polar surface area (TPSA) is 70.1 Å². The Morgan fingerprint density at radius 3 is 2.40 bits per heavy atom. The van der Waals surface area contributed by atoms with Crippen molar-refractivity contribution in [1.82, 2.24) is 4.90 Å². The van der Waals surface area contributed by atoms with Crippen LogP contribution in [-0.2, 0) is 4.74 Å². The smallest absolute Gasteiger partial charge is 0.407 e. The highest BCUT2D eigenvalue weighted by Gasteiger charge is 2.21. The minimum absolute atomic E-state index is 0.385. The van der Waals surface area contributed by atoms with Crippen molar-refractivity contribution in [1.29, 1.82) is 0 Å². The van der Waals surface area contributed by atoms with E-state index in [9.17, 15) is 9.59 Å². The van der Waals surface area contributed by atoms with Crippen LogP contribution in [0.2, 0.25) is 5.02 Å². The Bertz CT molecular complexity index is 527. The van der Waals surface area contributed by atoms with Crippen LogP contribution in [0.3, 0.4) is 0 Å². The van der Waals surface area contributed by atoms with Gasteiger partial charge < -0.3 is 19.6 Å². The fraction of sp³-hybridized carbons (Fsp3) is 0.385. The molecule has 108 valence electrons. The minimum atomic E-state index is -0.911. The fourth-order valence-corrected chi connectivity index (χ4v) is 2.38. The number of carbonyl (C=O) groups excluding carboxylic acids is 1. The maximum Gasteiger partial charge on any atom is 0.407 e. The third-order valence-corrected chi connectivity index (χ3v) is 3.44. The molecule has 0 atom stereocenters. The Balaban J connectivity index is 2.15. The van der Waals surface area contributed by atoms with Gasteiger partial charge in [0.05, 0.1) is 12.7 Å². The molecule has 1 fully saturated rings. The Labute approximate surface area is 121 Å². The van der Waals surface area contributed by atoms with Gasteiger partial charge in [0, 0.05) is 36.9 Å². The van der Waals surface area contributed by atoms with Crippen LogP contribution in [0.15, 0.2) is 18.2 Å². The molecule has 20 heavy (non-hydrogen) atoms. The van der Waals surface area contributed by atoms with E-state index in [2.05, 4.69) is 4.74 Å². The van der Waals surface area contributed by atoms with Gasteiger partial charge in [0.15, 0.2) is 0 Å². The maximum atomic E-state index is 11.6. The number of rotatable bonds is 2. The second-order valence-electron chi connectivity index (χ2n) is 4.45. The molecule has 1 heterocycles. The number of amides is 1. The summed E-state index contributed by atoms with van der Waals surface area (Å²) in [5.41, 5.74) is 1.18. The quantitative estimate of drug-likeness (QED) is 0.845. The van der Waals surface area contributed by atoms with E-state index in [0.29, 0.717) is 36.8 Å². The molecule has 1 amide bonds. The van der Waals surface area contributed by atoms with E-state index in [1.165, 1.54) is 12.0 Å². The van der Waals surface area contributed by atoms with Crippen LogP contribution < -0.4 is 4.90 Å². The monoisotopic (exact) mass is 298 g/mol. The van der Waals surface area contributed by atoms with E-state index in [0.717, 1.165) is 5.69 Å². The SMILES string of the molecule is COC(=O)c1cc(Cl)cc(N2CCN(C(=O)O)CC2)c1. The average Bonchev–Trinajstić information content (AvgIpc) is 2.45. The van der Waals surface area contributed by atoms with E-state index in [4.69, 9.17) is 16.7 Å². The first kappa shape index (κ1) is 14.5. The van der Waals surface area contributed by atoms with Crippen molar-refractivity contribution >= 4 is 29.4 Å². The lowest BCUT2D eigenvalue weighted by molar-refractivity contribution is 0.0600. The summed E-state index contributed by atoms with van der Waals surface area (Å²) < 4.78 is 4.68. The lowest BCUT2D eigenvalue weighted by atomic mass is 10.1. The van der Waals surface area contributed by atoms with Crippen LogP contribution in [0, 0.1) is 0 Å². The van der Waals surface area contributed by atoms with Gasteiger partial charge in [0.2, 0.25) is 0 Å². The predicted octanol–water partition coefficient (Wildman–Crippen LogP) is 1.93. The number of piperazine rings is 1. The van der Waals surface area contributed by atoms with E-state index >= 15 is 0 Å². The molecule has 0 radical (unpaired) electrons. The molecule has 7 heteroatoms. The summed E-state index contributed by atoms with van der Waals surface area (Å²) in [4.78, 5) is 25.8. The third kappa shape index (κ3) is 3.14. The summed E-state index contributed by atoms with van der Waals surface area (Å²) >= 11 is 6.01. The molecule has 0 unspecified atom stereocenters. The molecule has 2 rings (SSSR count). The van der Waals surface area contributed by atoms with Crippen molar-refractivity contribution < 1.29 is 19.4 Å². The lowest BCUT2D eigenvalue weighted by Crippen LogP contribution is -2.48. The number of halogens is 1. The summed E-state index contributed by atoms with van der Waals surface area (Å²) in [6.07, 6.45) is -0.911. The standard InChI is InChI=1S/C13H15ClN2O4/c1-20-12(17)9-6-10(14)8-11(7-9)15-2-4-16(5-3-15)13(18)19/h6-8H,2-5H2,1H3,(H,18,19). The highest BCUT2D eigenvalue weighted by molar-refractivity contribution is 6.31. The first-order valence-electron chi connectivity index (χ1n) is 6.13. The zero-order valence-electron chi connectivity index (χ0n) is 11.0. The van der Waals surface area contributed by atoms with Gasteiger partial charge in [-0.1, -0.05) is 11.6 Å². The summed E-state index contributed by atoms with van der Waals surface area (Å²) in [6.45, 7) is 1.98. The van der Waals surface area contributed by atoms with Crippen molar-refractivity contribution in [2.75, 3.05) is 38.2 Å². The van der Waals surface area contributed by atoms with Crippen LogP contribution in [0.1, 0.15) is 10.4 Å². The molecule has 1 aliphatic rings. The predicted molar refractivity (Wildman–Crippen MR) is 74.6 cm³/mol. The Morgan fingerprint density at radius 1 is 1.20 bits per heavy atom. The van der Waals surface area contributed by atoms with Crippen molar-refractivity contribution in [2.45, 2.75) is 0 Å². The summed E-state index contributed by atoms with van der Waals surface area (Å²) in [6, 6.07) is 5.00. The molecule has 0 saturated carbocycles. The molecule has 1 N–H and O–H groups in total. The van der Waals surface area contributed by atoms with Gasteiger partial charge in [-0.25, -0.2) is 9.59 Å². The molecule has 0 bridgehead atoms. The van der Waals surface area contributed by atoms with Crippen LogP contribution >= 0.6 is 11.6 Å². The number of anilines is 1. The Morgan fingerprint density at radius 2 is 1.85 bits per heavy atom. The Kier molecular flexibility index (Phi) is 4.34. The van der Waals surface area contributed by atoms with Gasteiger partial charge in [-0.2, -0.15) is 0 Å². The van der Waals surface area contributed by atoms with Crippen molar-refractivity contribution in [3.63, 3.8) is 0 Å². The molecule has 0 aliphatic carbocycles. The van der Waals surface area contributed by atoms with E-state index in [1.54, 1.807) is 18.2 Å². The second kappa shape index (κ2) is 6.00. The lowest BCUT2D eigenvalue weighted by Gasteiger charge is -2.34. The van der Waals surface area contributed by atoms with Crippen molar-refractivity contribution in [3.8, 4) is 0 Å². The van der Waals surface area contributed by atoms with Crippen molar-refractivity contribution in [3.05, 3.63) is 28.8 Å². The molecular formula is C13H15ClN2O4. The molecule has 1 aromatic carbocycles. The van der Waals surface area contributed by atoms with Gasteiger partial charge in [0.25, 0.3) is 0 Å². The second-order valence-corrected chi connectivity index (χ2v) is 4.88. The van der Waals surface area contributed by atoms with Crippen LogP contribution in [0.25, 0.3) is 0 Å². The molecule has 1 aromatic rings. The van der Waals surface area contributed by atoms with E-state index in [-0.39, 0.29) is 0 Å². The molecule has 1 saturated heterocycles. The number of hydrogen-bond acceptors (Lipinski definition) is 4. The largest absolute Gasteiger partial charge is 0.465 e. The van der Waals surface area contributed by atoms with E-state index in [1.807, 2.05) is 4.90 Å². The number of hydrogen-bond donors (Lipinski definition) is 1. The normalized spacial score (nSPS) is 15.1. The number of methoxy groups -OCH3 is 1. The molecule has 0 aromatic heterocycles. The fourth-order valence-electron chi connectivity index (χ4n) is 2.15. The van der Waals surface area contributed by atoms with Crippen molar-refractivity contribution in [2.24, 2.45) is 0 Å². The van der Waals surface area contributed by atoms with Gasteiger partial charge in [0.1, 0.15) is 0 Å². The molecule has 0 spiro atoms. The number of ether oxygens (including phenoxy) is 1. The van der Waals surface area contributed by atoms with Crippen LogP contribution in [0.5, 0.6) is 0 Å². The summed E-state index contributed by atoms with van der Waals surface area (Å²) in [5, 5.41) is 9.36. The number of esters is 1. The first-order valence-corrected chi connectivity index (χ1v) is 6.51. The van der Waals surface area contributed by atoms with Gasteiger partial charge in [-0.3, -0.25) is 0 Å². The maximum absolute atomic E-state index is 11.6.